The van der Waals surface area contributed by atoms with Gasteiger partial charge in [-0.3, -0.25) is 14.4 Å². The Morgan fingerprint density at radius 1 is 1.18 bits per heavy atom. The molecule has 1 aliphatic heterocycles. The van der Waals surface area contributed by atoms with E-state index in [0.717, 1.165) is 10.6 Å². The highest BCUT2D eigenvalue weighted by Gasteiger charge is 2.35. The molecule has 33 heavy (non-hydrogen) atoms. The summed E-state index contributed by atoms with van der Waals surface area (Å²) < 4.78 is 5.69. The van der Waals surface area contributed by atoms with E-state index in [1.165, 1.54) is 6.08 Å². The SMILES string of the molecule is CN(C)c1ccc(C=C2C(=O)N(c3ccc(CCCC(=O)O)cc3)N=C2C(=O)NCCO)o1. The zero-order chi connectivity index (χ0) is 24.0. The molecule has 174 valence electrons. The van der Waals surface area contributed by atoms with Gasteiger partial charge in [0.25, 0.3) is 11.8 Å². The lowest BCUT2D eigenvalue weighted by molar-refractivity contribution is -0.137. The summed E-state index contributed by atoms with van der Waals surface area (Å²) in [4.78, 5) is 38.2. The van der Waals surface area contributed by atoms with Crippen molar-refractivity contribution in [2.45, 2.75) is 19.3 Å². The predicted molar refractivity (Wildman–Crippen MR) is 123 cm³/mol. The Bertz CT molecular complexity index is 1080. The lowest BCUT2D eigenvalue weighted by atomic mass is 10.1. The maximum Gasteiger partial charge on any atom is 0.303 e. The summed E-state index contributed by atoms with van der Waals surface area (Å²) in [7, 11) is 3.64. The third kappa shape index (κ3) is 5.86. The van der Waals surface area contributed by atoms with E-state index in [9.17, 15) is 14.4 Å². The monoisotopic (exact) mass is 454 g/mol. The molecule has 1 aromatic heterocycles. The topological polar surface area (TPSA) is 136 Å². The molecule has 0 fully saturated rings. The van der Waals surface area contributed by atoms with Crippen molar-refractivity contribution in [3.05, 3.63) is 53.3 Å². The van der Waals surface area contributed by atoms with Crippen LogP contribution < -0.4 is 15.2 Å². The predicted octanol–water partition coefficient (Wildman–Crippen LogP) is 1.65. The second-order valence-electron chi connectivity index (χ2n) is 7.59. The van der Waals surface area contributed by atoms with Gasteiger partial charge in [-0.05, 0) is 42.7 Å². The number of rotatable bonds is 10. The van der Waals surface area contributed by atoms with Gasteiger partial charge in [-0.15, -0.1) is 0 Å². The number of carbonyl (C=O) groups is 3. The number of aryl methyl sites for hydroxylation is 1. The van der Waals surface area contributed by atoms with Crippen molar-refractivity contribution in [3.8, 4) is 0 Å². The second kappa shape index (κ2) is 10.6. The van der Waals surface area contributed by atoms with Crippen LogP contribution in [0, 0.1) is 0 Å². The van der Waals surface area contributed by atoms with Crippen LogP contribution in [0.1, 0.15) is 24.2 Å². The van der Waals surface area contributed by atoms with E-state index in [0.29, 0.717) is 30.2 Å². The molecule has 2 amide bonds. The second-order valence-corrected chi connectivity index (χ2v) is 7.59. The van der Waals surface area contributed by atoms with Crippen LogP contribution in [0.4, 0.5) is 11.6 Å². The van der Waals surface area contributed by atoms with Crippen LogP contribution >= 0.6 is 0 Å². The smallest absolute Gasteiger partial charge is 0.303 e. The van der Waals surface area contributed by atoms with Gasteiger partial charge in [-0.2, -0.15) is 10.1 Å². The van der Waals surface area contributed by atoms with Gasteiger partial charge in [-0.25, -0.2) is 0 Å². The zero-order valence-corrected chi connectivity index (χ0v) is 18.4. The van der Waals surface area contributed by atoms with E-state index in [-0.39, 0.29) is 30.9 Å². The highest BCUT2D eigenvalue weighted by Crippen LogP contribution is 2.27. The van der Waals surface area contributed by atoms with Crippen molar-refractivity contribution in [2.24, 2.45) is 5.10 Å². The van der Waals surface area contributed by atoms with E-state index in [4.69, 9.17) is 14.6 Å². The summed E-state index contributed by atoms with van der Waals surface area (Å²) in [6.45, 7) is -0.223. The summed E-state index contributed by atoms with van der Waals surface area (Å²) in [5.41, 5.74) is 1.38. The third-order valence-corrected chi connectivity index (χ3v) is 4.87. The molecule has 0 aliphatic carbocycles. The fourth-order valence-corrected chi connectivity index (χ4v) is 3.19. The number of aliphatic carboxylic acids is 1. The fraction of sp³-hybridized carbons (Fsp3) is 0.304. The number of hydrogen-bond acceptors (Lipinski definition) is 7. The van der Waals surface area contributed by atoms with Gasteiger partial charge in [0, 0.05) is 33.1 Å². The minimum atomic E-state index is -0.843. The number of amides is 2. The first-order valence-electron chi connectivity index (χ1n) is 10.4. The first-order valence-corrected chi connectivity index (χ1v) is 10.4. The van der Waals surface area contributed by atoms with Crippen LogP contribution in [0.15, 0.2) is 51.5 Å². The molecule has 10 nitrogen and oxygen atoms in total. The molecule has 0 unspecified atom stereocenters. The van der Waals surface area contributed by atoms with Crippen molar-refractivity contribution < 1.29 is 29.0 Å². The number of nitrogens with one attached hydrogen (secondary N) is 1. The van der Waals surface area contributed by atoms with E-state index in [1.54, 1.807) is 41.3 Å². The van der Waals surface area contributed by atoms with Crippen molar-refractivity contribution in [3.63, 3.8) is 0 Å². The maximum atomic E-state index is 13.2. The molecule has 0 spiro atoms. The number of carboxylic acids is 1. The van der Waals surface area contributed by atoms with Crippen LogP contribution in [0.2, 0.25) is 0 Å². The Morgan fingerprint density at radius 2 is 1.91 bits per heavy atom. The van der Waals surface area contributed by atoms with Crippen LogP contribution in [-0.2, 0) is 20.8 Å². The minimum Gasteiger partial charge on any atom is -0.481 e. The molecule has 0 atom stereocenters. The summed E-state index contributed by atoms with van der Waals surface area (Å²) in [5, 5.41) is 25.7. The van der Waals surface area contributed by atoms with E-state index in [1.807, 2.05) is 14.1 Å². The molecule has 10 heteroatoms. The van der Waals surface area contributed by atoms with Gasteiger partial charge in [-0.1, -0.05) is 12.1 Å². The highest BCUT2D eigenvalue weighted by atomic mass is 16.4. The Labute approximate surface area is 190 Å². The molecule has 0 radical (unpaired) electrons. The standard InChI is InChI=1S/C23H26N4O6/c1-26(2)19-11-10-17(33-19)14-18-21(22(31)24-12-13-28)25-27(23(18)32)16-8-6-15(7-9-16)4-3-5-20(29)30/h6-11,14,28H,3-5,12-13H2,1-2H3,(H,24,31)(H,29,30). The number of carbonyl (C=O) groups excluding carboxylic acids is 2. The van der Waals surface area contributed by atoms with Gasteiger partial charge in [0.05, 0.1) is 17.9 Å². The van der Waals surface area contributed by atoms with Crippen molar-refractivity contribution in [2.75, 3.05) is 37.2 Å². The summed E-state index contributed by atoms with van der Waals surface area (Å²) in [5.74, 6) is -0.947. The Hall–Kier alpha value is -3.92. The molecule has 0 saturated heterocycles. The number of furan rings is 1. The molecule has 1 aromatic carbocycles. The van der Waals surface area contributed by atoms with Crippen molar-refractivity contribution >= 4 is 41.1 Å². The molecule has 0 saturated carbocycles. The summed E-state index contributed by atoms with van der Waals surface area (Å²) in [6.07, 6.45) is 2.65. The normalized spacial score (nSPS) is 14.5. The average Bonchev–Trinajstić information content (AvgIpc) is 3.38. The van der Waals surface area contributed by atoms with Gasteiger partial charge in [0.15, 0.2) is 11.6 Å². The quantitative estimate of drug-likeness (QED) is 0.465. The van der Waals surface area contributed by atoms with Crippen LogP contribution in [0.5, 0.6) is 0 Å². The molecule has 2 heterocycles. The van der Waals surface area contributed by atoms with Gasteiger partial charge < -0.3 is 24.8 Å². The molecule has 1 aliphatic rings. The number of anilines is 2. The summed E-state index contributed by atoms with van der Waals surface area (Å²) >= 11 is 0. The molecule has 2 aromatic rings. The molecular weight excluding hydrogens is 428 g/mol. The highest BCUT2D eigenvalue weighted by molar-refractivity contribution is 6.55. The Morgan fingerprint density at radius 3 is 2.52 bits per heavy atom. The number of aliphatic hydroxyl groups is 1. The number of nitrogens with zero attached hydrogens (tertiary/aromatic N) is 3. The average molecular weight is 454 g/mol. The van der Waals surface area contributed by atoms with Crippen molar-refractivity contribution in [1.29, 1.82) is 0 Å². The third-order valence-electron chi connectivity index (χ3n) is 4.87. The molecule has 3 N–H and O–H groups in total. The molecular formula is C23H26N4O6. The van der Waals surface area contributed by atoms with Crippen molar-refractivity contribution in [1.82, 2.24) is 5.32 Å². The fourth-order valence-electron chi connectivity index (χ4n) is 3.19. The number of benzene rings is 1. The minimum absolute atomic E-state index is 0.0237. The largest absolute Gasteiger partial charge is 0.481 e. The lowest BCUT2D eigenvalue weighted by Crippen LogP contribution is -2.33. The number of hydrazone groups is 1. The first kappa shape index (κ1) is 23.7. The van der Waals surface area contributed by atoms with Crippen LogP contribution in [-0.4, -0.2) is 61.0 Å². The molecule has 0 bridgehead atoms. The first-order chi connectivity index (χ1) is 15.8. The van der Waals surface area contributed by atoms with Gasteiger partial charge in [0.2, 0.25) is 0 Å². The summed E-state index contributed by atoms with van der Waals surface area (Å²) in [6, 6.07) is 10.4. The van der Waals surface area contributed by atoms with Crippen LogP contribution in [0.25, 0.3) is 6.08 Å². The number of hydrogen-bond donors (Lipinski definition) is 3. The number of aliphatic hydroxyl groups excluding tert-OH is 1. The Kier molecular flexibility index (Phi) is 7.62. The number of carboxylic acid groups (broad SMARTS) is 1. The Balaban J connectivity index is 1.87. The van der Waals surface area contributed by atoms with E-state index in [2.05, 4.69) is 10.4 Å². The maximum absolute atomic E-state index is 13.2. The molecule has 3 rings (SSSR count). The van der Waals surface area contributed by atoms with Crippen LogP contribution in [0.3, 0.4) is 0 Å². The lowest BCUT2D eigenvalue weighted by Gasteiger charge is -2.12. The zero-order valence-electron chi connectivity index (χ0n) is 18.4. The van der Waals surface area contributed by atoms with E-state index >= 15 is 0 Å². The van der Waals surface area contributed by atoms with Gasteiger partial charge in [0.1, 0.15) is 5.76 Å². The van der Waals surface area contributed by atoms with E-state index < -0.39 is 17.8 Å². The van der Waals surface area contributed by atoms with Gasteiger partial charge >= 0.3 is 5.97 Å².